The largest absolute Gasteiger partial charge is 0.368 e. The van der Waals surface area contributed by atoms with Gasteiger partial charge in [-0.3, -0.25) is 4.79 Å². The molecule has 1 atom stereocenters. The Bertz CT molecular complexity index is 500. The smallest absolute Gasteiger partial charge is 0.251 e. The normalized spacial score (nSPS) is 22.7. The number of piperazine rings is 1. The topological polar surface area (TPSA) is 58.6 Å². The average Bonchev–Trinajstić information content (AvgIpc) is 3.00. The summed E-state index contributed by atoms with van der Waals surface area (Å²) in [6.45, 7) is 7.71. The van der Waals surface area contributed by atoms with Gasteiger partial charge in [-0.1, -0.05) is 0 Å². The molecule has 0 aliphatic carbocycles. The van der Waals surface area contributed by atoms with Gasteiger partial charge in [-0.2, -0.15) is 0 Å². The van der Waals surface area contributed by atoms with E-state index in [2.05, 4.69) is 14.9 Å². The first-order valence-corrected chi connectivity index (χ1v) is 7.61. The average molecular weight is 290 g/mol. The van der Waals surface area contributed by atoms with E-state index in [-0.39, 0.29) is 12.0 Å². The van der Waals surface area contributed by atoms with E-state index in [4.69, 9.17) is 4.74 Å². The van der Waals surface area contributed by atoms with Crippen molar-refractivity contribution in [3.05, 3.63) is 17.6 Å². The molecule has 0 spiro atoms. The van der Waals surface area contributed by atoms with Crippen LogP contribution in [0.5, 0.6) is 0 Å². The van der Waals surface area contributed by atoms with E-state index in [1.54, 1.807) is 0 Å². The van der Waals surface area contributed by atoms with Crippen molar-refractivity contribution in [2.24, 2.45) is 0 Å². The zero-order chi connectivity index (χ0) is 14.8. The highest BCUT2D eigenvalue weighted by Gasteiger charge is 2.30. The lowest BCUT2D eigenvalue weighted by Gasteiger charge is -2.36. The molecular weight excluding hydrogens is 268 g/mol. The molecule has 0 bridgehead atoms. The number of carbonyl (C=O) groups excluding carboxylic acids is 1. The summed E-state index contributed by atoms with van der Waals surface area (Å²) >= 11 is 0. The van der Waals surface area contributed by atoms with Crippen LogP contribution in [0, 0.1) is 13.8 Å². The molecule has 3 heterocycles. The molecule has 6 heteroatoms. The number of ether oxygens (including phenoxy) is 1. The molecular formula is C15H22N4O2. The van der Waals surface area contributed by atoms with Crippen LogP contribution >= 0.6 is 0 Å². The van der Waals surface area contributed by atoms with E-state index in [0.29, 0.717) is 0 Å². The number of aromatic nitrogens is 2. The van der Waals surface area contributed by atoms with Gasteiger partial charge in [0.15, 0.2) is 0 Å². The van der Waals surface area contributed by atoms with Crippen molar-refractivity contribution in [2.45, 2.75) is 32.8 Å². The number of anilines is 1. The predicted molar refractivity (Wildman–Crippen MR) is 79.3 cm³/mol. The second-order valence-electron chi connectivity index (χ2n) is 5.73. The van der Waals surface area contributed by atoms with E-state index >= 15 is 0 Å². The molecule has 2 saturated heterocycles. The molecule has 0 radical (unpaired) electrons. The van der Waals surface area contributed by atoms with Gasteiger partial charge in [-0.05, 0) is 26.7 Å². The van der Waals surface area contributed by atoms with Crippen LogP contribution in [0.15, 0.2) is 6.07 Å². The lowest BCUT2D eigenvalue weighted by atomic mass is 10.2. The fourth-order valence-electron chi connectivity index (χ4n) is 2.99. The third kappa shape index (κ3) is 3.15. The number of rotatable bonds is 2. The van der Waals surface area contributed by atoms with Crippen molar-refractivity contribution < 1.29 is 9.53 Å². The molecule has 0 N–H and O–H groups in total. The van der Waals surface area contributed by atoms with Gasteiger partial charge in [0.1, 0.15) is 17.7 Å². The Kier molecular flexibility index (Phi) is 4.05. The van der Waals surface area contributed by atoms with Crippen molar-refractivity contribution >= 4 is 11.7 Å². The van der Waals surface area contributed by atoms with Crippen LogP contribution in [0.2, 0.25) is 0 Å². The van der Waals surface area contributed by atoms with Crippen molar-refractivity contribution in [3.63, 3.8) is 0 Å². The minimum absolute atomic E-state index is 0.155. The van der Waals surface area contributed by atoms with Gasteiger partial charge < -0.3 is 14.5 Å². The number of aryl methyl sites for hydroxylation is 2. The second-order valence-corrected chi connectivity index (χ2v) is 5.73. The number of hydrogen-bond acceptors (Lipinski definition) is 5. The molecule has 0 aromatic carbocycles. The zero-order valence-corrected chi connectivity index (χ0v) is 12.7. The van der Waals surface area contributed by atoms with Gasteiger partial charge in [-0.15, -0.1) is 0 Å². The number of hydrogen-bond donors (Lipinski definition) is 0. The van der Waals surface area contributed by atoms with Gasteiger partial charge in [0.25, 0.3) is 5.91 Å². The fraction of sp³-hybridized carbons (Fsp3) is 0.667. The Morgan fingerprint density at radius 2 is 2.00 bits per heavy atom. The summed E-state index contributed by atoms with van der Waals surface area (Å²) in [5.41, 5.74) is 0.982. The van der Waals surface area contributed by atoms with Crippen LogP contribution in [0.3, 0.4) is 0 Å². The maximum atomic E-state index is 12.3. The van der Waals surface area contributed by atoms with Gasteiger partial charge in [0, 0.05) is 44.5 Å². The summed E-state index contributed by atoms with van der Waals surface area (Å²) in [7, 11) is 0. The molecule has 6 nitrogen and oxygen atoms in total. The Morgan fingerprint density at radius 3 is 2.62 bits per heavy atom. The van der Waals surface area contributed by atoms with Gasteiger partial charge in [0.05, 0.1) is 0 Å². The van der Waals surface area contributed by atoms with Crippen LogP contribution in [0.1, 0.15) is 24.4 Å². The number of amides is 1. The molecule has 3 rings (SSSR count). The van der Waals surface area contributed by atoms with Crippen LogP contribution in [0.25, 0.3) is 0 Å². The van der Waals surface area contributed by atoms with Crippen LogP contribution in [-0.2, 0) is 9.53 Å². The Morgan fingerprint density at radius 1 is 1.24 bits per heavy atom. The summed E-state index contributed by atoms with van der Waals surface area (Å²) in [5.74, 6) is 1.91. The lowest BCUT2D eigenvalue weighted by molar-refractivity contribution is -0.141. The standard InChI is InChI=1S/C15H22N4O2/c1-11-10-14(17-12(2)16-11)18-5-7-19(8-6-18)15(20)13-4-3-9-21-13/h10,13H,3-9H2,1-2H3. The van der Waals surface area contributed by atoms with E-state index < -0.39 is 0 Å². The molecule has 2 aliphatic heterocycles. The maximum Gasteiger partial charge on any atom is 0.251 e. The van der Waals surface area contributed by atoms with Crippen molar-refractivity contribution in [1.29, 1.82) is 0 Å². The molecule has 1 unspecified atom stereocenters. The minimum Gasteiger partial charge on any atom is -0.368 e. The quantitative estimate of drug-likeness (QED) is 0.810. The summed E-state index contributed by atoms with van der Waals surface area (Å²) in [6, 6.07) is 2.00. The van der Waals surface area contributed by atoms with Crippen molar-refractivity contribution in [2.75, 3.05) is 37.7 Å². The van der Waals surface area contributed by atoms with Crippen molar-refractivity contribution in [3.8, 4) is 0 Å². The monoisotopic (exact) mass is 290 g/mol. The first-order valence-electron chi connectivity index (χ1n) is 7.61. The van der Waals surface area contributed by atoms with E-state index in [0.717, 1.165) is 63.0 Å². The SMILES string of the molecule is Cc1cc(N2CCN(C(=O)C3CCCO3)CC2)nc(C)n1. The summed E-state index contributed by atoms with van der Waals surface area (Å²) in [4.78, 5) is 25.3. The van der Waals surface area contributed by atoms with Crippen molar-refractivity contribution in [1.82, 2.24) is 14.9 Å². The van der Waals surface area contributed by atoms with Crippen LogP contribution in [-0.4, -0.2) is 59.7 Å². The first-order chi connectivity index (χ1) is 10.1. The third-order valence-corrected chi connectivity index (χ3v) is 4.07. The second kappa shape index (κ2) is 5.97. The molecule has 21 heavy (non-hydrogen) atoms. The molecule has 1 aromatic heterocycles. The fourth-order valence-corrected chi connectivity index (χ4v) is 2.99. The Labute approximate surface area is 125 Å². The van der Waals surface area contributed by atoms with Gasteiger partial charge >= 0.3 is 0 Å². The number of carbonyl (C=O) groups is 1. The first kappa shape index (κ1) is 14.3. The minimum atomic E-state index is -0.208. The molecule has 2 fully saturated rings. The van der Waals surface area contributed by atoms with Gasteiger partial charge in [0.2, 0.25) is 0 Å². The Balaban J connectivity index is 1.60. The summed E-state index contributed by atoms with van der Waals surface area (Å²) in [6.07, 6.45) is 1.65. The molecule has 0 saturated carbocycles. The molecule has 1 aromatic rings. The highest BCUT2D eigenvalue weighted by molar-refractivity contribution is 5.81. The highest BCUT2D eigenvalue weighted by Crippen LogP contribution is 2.18. The van der Waals surface area contributed by atoms with Crippen LogP contribution in [0.4, 0.5) is 5.82 Å². The van der Waals surface area contributed by atoms with E-state index in [9.17, 15) is 4.79 Å². The van der Waals surface area contributed by atoms with E-state index in [1.165, 1.54) is 0 Å². The maximum absolute atomic E-state index is 12.3. The van der Waals surface area contributed by atoms with Gasteiger partial charge in [-0.25, -0.2) is 9.97 Å². The zero-order valence-electron chi connectivity index (χ0n) is 12.7. The Hall–Kier alpha value is -1.69. The van der Waals surface area contributed by atoms with Crippen LogP contribution < -0.4 is 4.90 Å². The highest BCUT2D eigenvalue weighted by atomic mass is 16.5. The summed E-state index contributed by atoms with van der Waals surface area (Å²) < 4.78 is 5.49. The molecule has 114 valence electrons. The predicted octanol–water partition coefficient (Wildman–Crippen LogP) is 0.921. The lowest BCUT2D eigenvalue weighted by Crippen LogP contribution is -2.51. The summed E-state index contributed by atoms with van der Waals surface area (Å²) in [5, 5.41) is 0. The molecule has 2 aliphatic rings. The number of nitrogens with zero attached hydrogens (tertiary/aromatic N) is 4. The third-order valence-electron chi connectivity index (χ3n) is 4.07. The van der Waals surface area contributed by atoms with E-state index in [1.807, 2.05) is 24.8 Å². The molecule has 1 amide bonds.